The monoisotopic (exact) mass is 303 g/mol. The summed E-state index contributed by atoms with van der Waals surface area (Å²) < 4.78 is 0. The molecular weight excluding hydrogens is 286 g/mol. The molecule has 4 aromatic rings. The topological polar surface area (TPSA) is 66.5 Å². The molecule has 23 heavy (non-hydrogen) atoms. The number of hydrogen-bond donors (Lipinski definition) is 2. The third-order valence-corrected chi connectivity index (χ3v) is 3.93. The molecule has 0 amide bonds. The number of benzene rings is 1. The van der Waals surface area contributed by atoms with Gasteiger partial charge in [0, 0.05) is 23.5 Å². The van der Waals surface area contributed by atoms with E-state index in [1.807, 2.05) is 24.4 Å². The number of nitrogens with one attached hydrogen (secondary N) is 2. The number of nitrogens with zero attached hydrogens (tertiary/aromatic N) is 3. The van der Waals surface area contributed by atoms with Crippen LogP contribution in [0, 0.1) is 0 Å². The largest absolute Gasteiger partial charge is 0.337 e. The maximum absolute atomic E-state index is 4.50. The molecule has 4 rings (SSSR count). The lowest BCUT2D eigenvalue weighted by molar-refractivity contribution is 0.834. The third kappa shape index (κ3) is 2.40. The summed E-state index contributed by atoms with van der Waals surface area (Å²) >= 11 is 0. The molecule has 0 saturated heterocycles. The molecule has 1 aromatic carbocycles. The fourth-order valence-electron chi connectivity index (χ4n) is 2.82. The molecule has 2 N–H and O–H groups in total. The van der Waals surface area contributed by atoms with Crippen molar-refractivity contribution < 1.29 is 0 Å². The van der Waals surface area contributed by atoms with E-state index >= 15 is 0 Å². The van der Waals surface area contributed by atoms with E-state index < -0.39 is 0 Å². The van der Waals surface area contributed by atoms with Gasteiger partial charge in [-0.15, -0.1) is 0 Å². The van der Waals surface area contributed by atoms with E-state index in [0.29, 0.717) is 5.92 Å². The predicted molar refractivity (Wildman–Crippen MR) is 93.0 cm³/mol. The van der Waals surface area contributed by atoms with Crippen molar-refractivity contribution in [3.63, 3.8) is 0 Å². The van der Waals surface area contributed by atoms with Crippen molar-refractivity contribution in [1.82, 2.24) is 20.2 Å². The highest BCUT2D eigenvalue weighted by Crippen LogP contribution is 2.28. The molecule has 3 heterocycles. The van der Waals surface area contributed by atoms with E-state index in [2.05, 4.69) is 57.5 Å². The normalized spacial score (nSPS) is 11.4. The Morgan fingerprint density at radius 3 is 2.83 bits per heavy atom. The fraction of sp³-hybridized carbons (Fsp3) is 0.167. The molecule has 0 fully saturated rings. The van der Waals surface area contributed by atoms with E-state index in [-0.39, 0.29) is 0 Å². The number of rotatable bonds is 3. The summed E-state index contributed by atoms with van der Waals surface area (Å²) in [5.74, 6) is 1.13. The number of H-pyrrole nitrogens is 1. The van der Waals surface area contributed by atoms with Gasteiger partial charge in [0.25, 0.3) is 0 Å². The minimum atomic E-state index is 0.400. The molecule has 0 spiro atoms. The van der Waals surface area contributed by atoms with E-state index in [1.165, 1.54) is 10.8 Å². The second kappa shape index (κ2) is 5.35. The van der Waals surface area contributed by atoms with Crippen molar-refractivity contribution in [2.75, 3.05) is 5.32 Å². The molecule has 0 radical (unpaired) electrons. The van der Waals surface area contributed by atoms with Gasteiger partial charge >= 0.3 is 0 Å². The summed E-state index contributed by atoms with van der Waals surface area (Å²) in [6.07, 6.45) is 3.64. The number of aromatic amines is 1. The van der Waals surface area contributed by atoms with E-state index in [0.717, 1.165) is 28.2 Å². The van der Waals surface area contributed by atoms with Crippen molar-refractivity contribution in [2.24, 2.45) is 0 Å². The Bertz CT molecular complexity index is 987. The zero-order valence-electron chi connectivity index (χ0n) is 13.0. The molecule has 3 aromatic heterocycles. The Kier molecular flexibility index (Phi) is 3.19. The van der Waals surface area contributed by atoms with Crippen molar-refractivity contribution in [1.29, 1.82) is 0 Å². The second-order valence-electron chi connectivity index (χ2n) is 5.88. The summed E-state index contributed by atoms with van der Waals surface area (Å²) in [5, 5.41) is 13.0. The van der Waals surface area contributed by atoms with E-state index in [9.17, 15) is 0 Å². The summed E-state index contributed by atoms with van der Waals surface area (Å²) in [6.45, 7) is 4.32. The molecule has 0 atom stereocenters. The Morgan fingerprint density at radius 2 is 1.96 bits per heavy atom. The van der Waals surface area contributed by atoms with Crippen molar-refractivity contribution in [2.45, 2.75) is 19.8 Å². The molecule has 0 unspecified atom stereocenters. The average molecular weight is 303 g/mol. The SMILES string of the molecule is CC(C)c1nccc2cc(Nc3n[nH]c4cccnc34)ccc12. The van der Waals surface area contributed by atoms with E-state index in [1.54, 1.807) is 6.20 Å². The van der Waals surface area contributed by atoms with Crippen LogP contribution in [0.25, 0.3) is 21.8 Å². The first-order valence-electron chi connectivity index (χ1n) is 7.67. The Hall–Kier alpha value is -2.95. The highest BCUT2D eigenvalue weighted by atomic mass is 15.2. The maximum atomic E-state index is 4.50. The van der Waals surface area contributed by atoms with Crippen LogP contribution in [0.15, 0.2) is 48.8 Å². The fourth-order valence-corrected chi connectivity index (χ4v) is 2.82. The van der Waals surface area contributed by atoms with Gasteiger partial charge in [-0.3, -0.25) is 15.1 Å². The minimum absolute atomic E-state index is 0.400. The van der Waals surface area contributed by atoms with Crippen LogP contribution >= 0.6 is 0 Å². The third-order valence-electron chi connectivity index (χ3n) is 3.93. The van der Waals surface area contributed by atoms with E-state index in [4.69, 9.17) is 0 Å². The van der Waals surface area contributed by atoms with Crippen LogP contribution in [0.1, 0.15) is 25.5 Å². The molecule has 5 heteroatoms. The molecule has 0 bridgehead atoms. The van der Waals surface area contributed by atoms with Gasteiger partial charge in [-0.2, -0.15) is 5.10 Å². The van der Waals surface area contributed by atoms with Gasteiger partial charge in [-0.1, -0.05) is 19.9 Å². The van der Waals surface area contributed by atoms with Crippen LogP contribution in [0.3, 0.4) is 0 Å². The Balaban J connectivity index is 1.75. The van der Waals surface area contributed by atoms with Gasteiger partial charge in [-0.05, 0) is 41.6 Å². The summed E-state index contributed by atoms with van der Waals surface area (Å²) in [4.78, 5) is 8.88. The first kappa shape index (κ1) is 13.7. The zero-order chi connectivity index (χ0) is 15.8. The smallest absolute Gasteiger partial charge is 0.178 e. The average Bonchev–Trinajstić information content (AvgIpc) is 2.97. The van der Waals surface area contributed by atoms with Gasteiger partial charge in [-0.25, -0.2) is 0 Å². The first-order chi connectivity index (χ1) is 11.2. The number of aromatic nitrogens is 4. The molecule has 0 aliphatic rings. The zero-order valence-corrected chi connectivity index (χ0v) is 13.0. The first-order valence-corrected chi connectivity index (χ1v) is 7.67. The van der Waals surface area contributed by atoms with Crippen molar-refractivity contribution in [3.8, 4) is 0 Å². The van der Waals surface area contributed by atoms with Gasteiger partial charge in [0.05, 0.1) is 11.2 Å². The van der Waals surface area contributed by atoms with Gasteiger partial charge < -0.3 is 5.32 Å². The molecule has 0 aliphatic carbocycles. The van der Waals surface area contributed by atoms with Crippen LogP contribution < -0.4 is 5.32 Å². The number of pyridine rings is 2. The summed E-state index contributed by atoms with van der Waals surface area (Å²) in [6, 6.07) is 12.2. The maximum Gasteiger partial charge on any atom is 0.178 e. The Labute approximate surface area is 133 Å². The van der Waals surface area contributed by atoms with Crippen LogP contribution in [-0.2, 0) is 0 Å². The van der Waals surface area contributed by atoms with Crippen LogP contribution in [0.2, 0.25) is 0 Å². The number of anilines is 2. The minimum Gasteiger partial charge on any atom is -0.337 e. The quantitative estimate of drug-likeness (QED) is 0.589. The lowest BCUT2D eigenvalue weighted by Crippen LogP contribution is -1.95. The number of hydrogen-bond acceptors (Lipinski definition) is 4. The summed E-state index contributed by atoms with van der Waals surface area (Å²) in [5.41, 5.74) is 3.87. The number of fused-ring (bicyclic) bond motifs is 2. The van der Waals surface area contributed by atoms with Crippen LogP contribution in [0.4, 0.5) is 11.5 Å². The second-order valence-corrected chi connectivity index (χ2v) is 5.88. The standard InChI is InChI=1S/C18H17N5/c1-11(2)16-14-6-5-13(10-12(14)7-9-20-16)21-18-17-15(22-23-18)4-3-8-19-17/h3-11H,1-2H3,(H2,21,22,23). The van der Waals surface area contributed by atoms with Gasteiger partial charge in [0.1, 0.15) is 5.52 Å². The van der Waals surface area contributed by atoms with Crippen LogP contribution in [-0.4, -0.2) is 20.2 Å². The highest BCUT2D eigenvalue weighted by Gasteiger charge is 2.09. The Morgan fingerprint density at radius 1 is 1.04 bits per heavy atom. The molecule has 114 valence electrons. The summed E-state index contributed by atoms with van der Waals surface area (Å²) in [7, 11) is 0. The predicted octanol–water partition coefficient (Wildman–Crippen LogP) is 4.37. The van der Waals surface area contributed by atoms with Crippen molar-refractivity contribution >= 4 is 33.3 Å². The molecule has 0 aliphatic heterocycles. The lowest BCUT2D eigenvalue weighted by Gasteiger charge is -2.10. The van der Waals surface area contributed by atoms with Crippen molar-refractivity contribution in [3.05, 3.63) is 54.5 Å². The van der Waals surface area contributed by atoms with Gasteiger partial charge in [0.15, 0.2) is 5.82 Å². The highest BCUT2D eigenvalue weighted by molar-refractivity contribution is 5.91. The molecule has 0 saturated carbocycles. The van der Waals surface area contributed by atoms with Crippen LogP contribution in [0.5, 0.6) is 0 Å². The van der Waals surface area contributed by atoms with Gasteiger partial charge in [0.2, 0.25) is 0 Å². The lowest BCUT2D eigenvalue weighted by atomic mass is 10.0. The molecular formula is C18H17N5. The molecule has 5 nitrogen and oxygen atoms in total.